The van der Waals surface area contributed by atoms with E-state index in [-0.39, 0.29) is 11.4 Å². The lowest BCUT2D eigenvalue weighted by molar-refractivity contribution is 0.386. The van der Waals surface area contributed by atoms with Crippen LogP contribution in [0.5, 0.6) is 11.6 Å². The van der Waals surface area contributed by atoms with Gasteiger partial charge in [0.15, 0.2) is 5.75 Å². The molecule has 0 aliphatic heterocycles. The van der Waals surface area contributed by atoms with E-state index in [2.05, 4.69) is 4.98 Å². The Hall–Kier alpha value is -1.76. The Labute approximate surface area is 63.4 Å². The van der Waals surface area contributed by atoms with Crippen molar-refractivity contribution in [3.05, 3.63) is 17.3 Å². The normalized spacial score (nSPS) is 9.09. The fourth-order valence-corrected chi connectivity index (χ4v) is 0.706. The summed E-state index contributed by atoms with van der Waals surface area (Å²) in [5.41, 5.74) is 0.534. The summed E-state index contributed by atoms with van der Waals surface area (Å²) in [5, 5.41) is 26.3. The summed E-state index contributed by atoms with van der Waals surface area (Å²) < 4.78 is 0. The van der Waals surface area contributed by atoms with Crippen LogP contribution in [0.15, 0.2) is 6.07 Å². The Balaban J connectivity index is 3.35. The highest BCUT2D eigenvalue weighted by Crippen LogP contribution is 2.25. The van der Waals surface area contributed by atoms with Crippen LogP contribution >= 0.6 is 0 Å². The number of hydrogen-bond acceptors (Lipinski definition) is 4. The summed E-state index contributed by atoms with van der Waals surface area (Å²) in [6.45, 7) is 1.58. The molecule has 0 spiro atoms. The Bertz CT molecular complexity index is 305. The molecule has 4 nitrogen and oxygen atoms in total. The molecule has 4 heteroatoms. The van der Waals surface area contributed by atoms with Gasteiger partial charge in [0.2, 0.25) is 0 Å². The van der Waals surface area contributed by atoms with Gasteiger partial charge >= 0.3 is 0 Å². The lowest BCUT2D eigenvalue weighted by Gasteiger charge is -1.99. The minimum atomic E-state index is -0.499. The molecular weight excluding hydrogens is 144 g/mol. The molecule has 0 unspecified atom stereocenters. The van der Waals surface area contributed by atoms with Crippen LogP contribution in [-0.2, 0) is 0 Å². The number of pyridine rings is 1. The predicted octanol–water partition coefficient (Wildman–Crippen LogP) is 0.673. The van der Waals surface area contributed by atoms with Crippen molar-refractivity contribution in [1.29, 1.82) is 5.26 Å². The average Bonchev–Trinajstić information content (AvgIpc) is 1.99. The van der Waals surface area contributed by atoms with Crippen LogP contribution in [0.25, 0.3) is 0 Å². The molecule has 1 aromatic rings. The summed E-state index contributed by atoms with van der Waals surface area (Å²) >= 11 is 0. The van der Waals surface area contributed by atoms with Gasteiger partial charge < -0.3 is 10.2 Å². The zero-order chi connectivity index (χ0) is 8.43. The van der Waals surface area contributed by atoms with Gasteiger partial charge in [-0.05, 0) is 18.6 Å². The third-order valence-electron chi connectivity index (χ3n) is 1.28. The molecule has 1 aromatic heterocycles. The molecule has 1 rings (SSSR count). The summed E-state index contributed by atoms with van der Waals surface area (Å²) in [4.78, 5) is 3.40. The molecule has 0 radical (unpaired) electrons. The van der Waals surface area contributed by atoms with Gasteiger partial charge in [0, 0.05) is 0 Å². The molecule has 0 bridgehead atoms. The molecule has 56 valence electrons. The van der Waals surface area contributed by atoms with Crippen LogP contribution in [0.3, 0.4) is 0 Å². The predicted molar refractivity (Wildman–Crippen MR) is 37.0 cm³/mol. The molecule has 0 fully saturated rings. The quantitative estimate of drug-likeness (QED) is 0.569. The highest BCUT2D eigenvalue weighted by atomic mass is 16.3. The summed E-state index contributed by atoms with van der Waals surface area (Å²) in [7, 11) is 0. The second kappa shape index (κ2) is 2.46. The average molecular weight is 150 g/mol. The topological polar surface area (TPSA) is 77.1 Å². The van der Waals surface area contributed by atoms with Gasteiger partial charge in [-0.2, -0.15) is 10.2 Å². The smallest absolute Gasteiger partial charge is 0.255 e. The fraction of sp³-hybridized carbons (Fsp3) is 0.143. The number of rotatable bonds is 0. The zero-order valence-electron chi connectivity index (χ0n) is 5.87. The lowest BCUT2D eigenvalue weighted by Crippen LogP contribution is -1.85. The molecule has 0 atom stereocenters. The van der Waals surface area contributed by atoms with Crippen LogP contribution in [-0.4, -0.2) is 15.2 Å². The number of nitrogens with zero attached hydrogens (tertiary/aromatic N) is 2. The number of aryl methyl sites for hydroxylation is 1. The van der Waals surface area contributed by atoms with Gasteiger partial charge in [0.05, 0.1) is 0 Å². The van der Waals surface area contributed by atoms with E-state index >= 15 is 0 Å². The lowest BCUT2D eigenvalue weighted by atomic mass is 10.2. The van der Waals surface area contributed by atoms with E-state index in [0.717, 1.165) is 0 Å². The number of aromatic hydroxyl groups is 2. The van der Waals surface area contributed by atoms with Crippen LogP contribution in [0, 0.1) is 18.3 Å². The summed E-state index contributed by atoms with van der Waals surface area (Å²) in [5.74, 6) is -0.773. The van der Waals surface area contributed by atoms with Crippen molar-refractivity contribution in [3.63, 3.8) is 0 Å². The number of nitriles is 1. The van der Waals surface area contributed by atoms with Crippen molar-refractivity contribution in [2.45, 2.75) is 6.92 Å². The molecule has 0 saturated carbocycles. The molecule has 0 aliphatic carbocycles. The summed E-state index contributed by atoms with van der Waals surface area (Å²) in [6.07, 6.45) is 0. The second-order valence-electron chi connectivity index (χ2n) is 2.11. The number of aromatic nitrogens is 1. The van der Waals surface area contributed by atoms with Crippen LogP contribution in [0.1, 0.15) is 11.3 Å². The van der Waals surface area contributed by atoms with E-state index in [1.54, 1.807) is 13.0 Å². The fourth-order valence-electron chi connectivity index (χ4n) is 0.706. The Morgan fingerprint density at radius 2 is 2.18 bits per heavy atom. The second-order valence-corrected chi connectivity index (χ2v) is 2.11. The van der Waals surface area contributed by atoms with E-state index in [1.165, 1.54) is 6.07 Å². The first-order valence-electron chi connectivity index (χ1n) is 2.95. The van der Waals surface area contributed by atoms with Gasteiger partial charge in [-0.1, -0.05) is 0 Å². The van der Waals surface area contributed by atoms with Crippen molar-refractivity contribution in [1.82, 2.24) is 4.98 Å². The van der Waals surface area contributed by atoms with Crippen molar-refractivity contribution in [2.24, 2.45) is 0 Å². The Morgan fingerprint density at radius 1 is 1.55 bits per heavy atom. The van der Waals surface area contributed by atoms with Crippen molar-refractivity contribution in [2.75, 3.05) is 0 Å². The Morgan fingerprint density at radius 3 is 2.64 bits per heavy atom. The molecule has 11 heavy (non-hydrogen) atoms. The largest absolute Gasteiger partial charge is 0.503 e. The number of hydrogen-bond donors (Lipinski definition) is 2. The molecule has 2 N–H and O–H groups in total. The van der Waals surface area contributed by atoms with E-state index in [1.807, 2.05) is 0 Å². The van der Waals surface area contributed by atoms with Crippen molar-refractivity contribution < 1.29 is 10.2 Å². The first-order chi connectivity index (χ1) is 5.15. The Kier molecular flexibility index (Phi) is 1.65. The van der Waals surface area contributed by atoms with Crippen LogP contribution in [0.2, 0.25) is 0 Å². The maximum atomic E-state index is 9.00. The van der Waals surface area contributed by atoms with Gasteiger partial charge in [-0.3, -0.25) is 0 Å². The van der Waals surface area contributed by atoms with Gasteiger partial charge in [0.25, 0.3) is 5.88 Å². The first kappa shape index (κ1) is 7.35. The molecule has 0 amide bonds. The standard InChI is InChI=1S/C7H6N2O2/c1-4-2-5(3-8)9-7(11)6(4)10/h2,10H,1H3,(H,9,11). The molecular formula is C7H6N2O2. The maximum Gasteiger partial charge on any atom is 0.255 e. The molecule has 1 heterocycles. The molecule has 0 aromatic carbocycles. The van der Waals surface area contributed by atoms with E-state index < -0.39 is 5.88 Å². The molecule has 0 aliphatic rings. The van der Waals surface area contributed by atoms with E-state index in [4.69, 9.17) is 15.5 Å². The first-order valence-corrected chi connectivity index (χ1v) is 2.95. The van der Waals surface area contributed by atoms with Crippen molar-refractivity contribution in [3.8, 4) is 17.7 Å². The maximum absolute atomic E-state index is 9.00. The van der Waals surface area contributed by atoms with E-state index in [0.29, 0.717) is 5.56 Å². The third-order valence-corrected chi connectivity index (χ3v) is 1.28. The minimum Gasteiger partial charge on any atom is -0.503 e. The van der Waals surface area contributed by atoms with Gasteiger partial charge in [-0.15, -0.1) is 0 Å². The van der Waals surface area contributed by atoms with E-state index in [9.17, 15) is 0 Å². The van der Waals surface area contributed by atoms with Gasteiger partial charge in [-0.25, -0.2) is 0 Å². The monoisotopic (exact) mass is 150 g/mol. The van der Waals surface area contributed by atoms with Crippen molar-refractivity contribution >= 4 is 0 Å². The highest BCUT2D eigenvalue weighted by Gasteiger charge is 2.05. The third kappa shape index (κ3) is 1.22. The molecule has 0 saturated heterocycles. The van der Waals surface area contributed by atoms with Crippen LogP contribution < -0.4 is 0 Å². The van der Waals surface area contributed by atoms with Crippen LogP contribution in [0.4, 0.5) is 0 Å². The highest BCUT2D eigenvalue weighted by molar-refractivity contribution is 5.42. The SMILES string of the molecule is Cc1cc(C#N)nc(O)c1O. The zero-order valence-corrected chi connectivity index (χ0v) is 5.87. The minimum absolute atomic E-state index is 0.0952. The summed E-state index contributed by atoms with van der Waals surface area (Å²) in [6, 6.07) is 3.15. The van der Waals surface area contributed by atoms with Gasteiger partial charge in [0.1, 0.15) is 11.8 Å².